The van der Waals surface area contributed by atoms with Gasteiger partial charge in [0, 0.05) is 11.3 Å². The van der Waals surface area contributed by atoms with E-state index in [2.05, 4.69) is 201 Å². The molecule has 0 fully saturated rings. The maximum Gasteiger partial charge on any atom is 0.0530 e. The predicted octanol–water partition coefficient (Wildman–Crippen LogP) is 10.7. The van der Waals surface area contributed by atoms with Gasteiger partial charge in [0.2, 0.25) is 0 Å². The normalized spacial score (nSPS) is 16.6. The molecule has 0 aliphatic heterocycles. The Morgan fingerprint density at radius 1 is 0.432 bits per heavy atom. The molecule has 0 saturated heterocycles. The van der Waals surface area contributed by atoms with Gasteiger partial charge in [-0.1, -0.05) is 200 Å². The molecule has 0 amide bonds. The number of rotatable bonds is 7. The van der Waals surface area contributed by atoms with Gasteiger partial charge >= 0.3 is 0 Å². The molecule has 0 aromatic heterocycles. The molecule has 1 aliphatic rings. The molecule has 0 radical (unpaired) electrons. The van der Waals surface area contributed by atoms with Crippen LogP contribution in [0.3, 0.4) is 0 Å². The summed E-state index contributed by atoms with van der Waals surface area (Å²) in [7, 11) is 0. The molecule has 0 spiro atoms. The van der Waals surface area contributed by atoms with Crippen LogP contribution in [0.15, 0.2) is 200 Å². The van der Waals surface area contributed by atoms with Gasteiger partial charge in [0.15, 0.2) is 0 Å². The molecule has 1 aliphatic carbocycles. The summed E-state index contributed by atoms with van der Waals surface area (Å²) in [5.74, 6) is 0.0446. The van der Waals surface area contributed by atoms with Gasteiger partial charge in [0.25, 0.3) is 0 Å². The fraction of sp³-hybridized carbons (Fsp3) is 0.0909. The maximum atomic E-state index is 2.58. The average Bonchev–Trinajstić information content (AvgIpc) is 3.38. The van der Waals surface area contributed by atoms with E-state index in [1.54, 1.807) is 0 Å². The lowest BCUT2D eigenvalue weighted by Gasteiger charge is -2.51. The first-order valence-corrected chi connectivity index (χ1v) is 15.5. The zero-order valence-electron chi connectivity index (χ0n) is 25.1. The second-order valence-corrected chi connectivity index (χ2v) is 11.8. The molecule has 1 atom stereocenters. The summed E-state index contributed by atoms with van der Waals surface area (Å²) in [5.41, 5.74) is 9.25. The third kappa shape index (κ3) is 4.46. The Labute approximate surface area is 261 Å². The van der Waals surface area contributed by atoms with Crippen LogP contribution < -0.4 is 0 Å². The SMILES string of the molecule is CC1=CC(c2ccccc2)(c2ccccc2)C(c2ccccc2)(c2ccccc2)C1C=C(c1ccccc1)c1ccccc1. The van der Waals surface area contributed by atoms with E-state index in [1.807, 2.05) is 0 Å². The van der Waals surface area contributed by atoms with Crippen molar-refractivity contribution < 1.29 is 0 Å². The van der Waals surface area contributed by atoms with Crippen LogP contribution in [-0.4, -0.2) is 0 Å². The molecule has 44 heavy (non-hydrogen) atoms. The van der Waals surface area contributed by atoms with Crippen molar-refractivity contribution in [2.45, 2.75) is 17.8 Å². The first-order valence-electron chi connectivity index (χ1n) is 15.5. The molecule has 0 heterocycles. The summed E-state index contributed by atoms with van der Waals surface area (Å²) < 4.78 is 0. The largest absolute Gasteiger partial charge is 0.0688 e. The number of hydrogen-bond acceptors (Lipinski definition) is 0. The molecule has 0 heteroatoms. The standard InChI is InChI=1S/C44H36/c1-34-33-43(37-24-12-4-13-25-37,38-26-14-5-15-27-38)44(39-28-16-6-17-29-39,40-30-18-7-19-31-40)42(34)32-41(35-20-8-2-9-21-35)36-22-10-3-11-23-36/h2-33,42H,1H3. The van der Waals surface area contributed by atoms with E-state index in [0.29, 0.717) is 0 Å². The highest BCUT2D eigenvalue weighted by Crippen LogP contribution is 2.64. The minimum absolute atomic E-state index is 0.0446. The highest BCUT2D eigenvalue weighted by Gasteiger charge is 2.61. The molecule has 212 valence electrons. The van der Waals surface area contributed by atoms with Crippen molar-refractivity contribution in [2.24, 2.45) is 5.92 Å². The van der Waals surface area contributed by atoms with E-state index in [1.165, 1.54) is 44.5 Å². The van der Waals surface area contributed by atoms with E-state index in [0.717, 1.165) is 0 Å². The molecular weight excluding hydrogens is 528 g/mol. The Bertz CT molecular complexity index is 1750. The fourth-order valence-corrected chi connectivity index (χ4v) is 7.72. The average molecular weight is 565 g/mol. The Hall–Kier alpha value is -5.20. The van der Waals surface area contributed by atoms with Gasteiger partial charge in [0.05, 0.1) is 5.41 Å². The lowest BCUT2D eigenvalue weighted by atomic mass is 9.50. The Morgan fingerprint density at radius 3 is 1.11 bits per heavy atom. The van der Waals surface area contributed by atoms with Gasteiger partial charge in [-0.25, -0.2) is 0 Å². The minimum Gasteiger partial charge on any atom is -0.0688 e. The summed E-state index contributed by atoms with van der Waals surface area (Å²) in [6.45, 7) is 2.34. The highest BCUT2D eigenvalue weighted by atomic mass is 14.6. The summed E-state index contributed by atoms with van der Waals surface area (Å²) >= 11 is 0. The van der Waals surface area contributed by atoms with Crippen molar-refractivity contribution in [2.75, 3.05) is 0 Å². The fourth-order valence-electron chi connectivity index (χ4n) is 7.72. The van der Waals surface area contributed by atoms with Crippen molar-refractivity contribution in [3.05, 3.63) is 233 Å². The number of hydrogen-bond donors (Lipinski definition) is 0. The monoisotopic (exact) mass is 564 g/mol. The second-order valence-electron chi connectivity index (χ2n) is 11.8. The van der Waals surface area contributed by atoms with Gasteiger partial charge in [-0.3, -0.25) is 0 Å². The second kappa shape index (κ2) is 11.8. The van der Waals surface area contributed by atoms with E-state index in [9.17, 15) is 0 Å². The molecule has 6 aromatic carbocycles. The molecule has 0 N–H and O–H groups in total. The lowest BCUT2D eigenvalue weighted by Crippen LogP contribution is -2.51. The summed E-state index contributed by atoms with van der Waals surface area (Å²) in [5, 5.41) is 0. The zero-order chi connectivity index (χ0) is 29.8. The van der Waals surface area contributed by atoms with Crippen LogP contribution in [0.1, 0.15) is 40.3 Å². The zero-order valence-corrected chi connectivity index (χ0v) is 25.1. The van der Waals surface area contributed by atoms with Crippen molar-refractivity contribution in [3.8, 4) is 0 Å². The number of allylic oxidation sites excluding steroid dienone is 3. The predicted molar refractivity (Wildman–Crippen MR) is 185 cm³/mol. The first-order chi connectivity index (χ1) is 21.7. The molecule has 0 nitrogen and oxygen atoms in total. The third-order valence-corrected chi connectivity index (χ3v) is 9.44. The lowest BCUT2D eigenvalue weighted by molar-refractivity contribution is 0.341. The minimum atomic E-state index is -0.489. The van der Waals surface area contributed by atoms with Crippen LogP contribution in [0, 0.1) is 5.92 Å². The van der Waals surface area contributed by atoms with Crippen molar-refractivity contribution in [1.29, 1.82) is 0 Å². The van der Waals surface area contributed by atoms with Gasteiger partial charge in [-0.05, 0) is 45.9 Å². The van der Waals surface area contributed by atoms with Crippen LogP contribution in [0.25, 0.3) is 5.57 Å². The third-order valence-electron chi connectivity index (χ3n) is 9.44. The van der Waals surface area contributed by atoms with Crippen molar-refractivity contribution in [1.82, 2.24) is 0 Å². The Kier molecular flexibility index (Phi) is 7.42. The van der Waals surface area contributed by atoms with Crippen molar-refractivity contribution >= 4 is 5.57 Å². The van der Waals surface area contributed by atoms with E-state index >= 15 is 0 Å². The van der Waals surface area contributed by atoms with Crippen LogP contribution in [-0.2, 0) is 10.8 Å². The smallest absolute Gasteiger partial charge is 0.0530 e. The van der Waals surface area contributed by atoms with Crippen molar-refractivity contribution in [3.63, 3.8) is 0 Å². The molecule has 0 saturated carbocycles. The van der Waals surface area contributed by atoms with Gasteiger partial charge < -0.3 is 0 Å². The number of benzene rings is 6. The highest BCUT2D eigenvalue weighted by molar-refractivity contribution is 5.81. The molecular formula is C44H36. The summed E-state index contributed by atoms with van der Waals surface area (Å²) in [6, 6.07) is 66.4. The molecule has 1 unspecified atom stereocenters. The van der Waals surface area contributed by atoms with E-state index in [-0.39, 0.29) is 5.92 Å². The van der Waals surface area contributed by atoms with Crippen LogP contribution in [0.2, 0.25) is 0 Å². The summed E-state index contributed by atoms with van der Waals surface area (Å²) in [6.07, 6.45) is 5.14. The Morgan fingerprint density at radius 2 is 0.750 bits per heavy atom. The van der Waals surface area contributed by atoms with Gasteiger partial charge in [-0.2, -0.15) is 0 Å². The van der Waals surface area contributed by atoms with Crippen LogP contribution in [0.5, 0.6) is 0 Å². The van der Waals surface area contributed by atoms with E-state index in [4.69, 9.17) is 0 Å². The van der Waals surface area contributed by atoms with Crippen LogP contribution >= 0.6 is 0 Å². The van der Waals surface area contributed by atoms with Gasteiger partial charge in [0.1, 0.15) is 0 Å². The maximum absolute atomic E-state index is 2.58. The Balaban J connectivity index is 1.65. The molecule has 6 aromatic rings. The van der Waals surface area contributed by atoms with E-state index < -0.39 is 10.8 Å². The molecule has 7 rings (SSSR count). The van der Waals surface area contributed by atoms with Gasteiger partial charge in [-0.15, -0.1) is 0 Å². The topological polar surface area (TPSA) is 0 Å². The molecule has 0 bridgehead atoms. The summed E-state index contributed by atoms with van der Waals surface area (Å²) in [4.78, 5) is 0. The van der Waals surface area contributed by atoms with Crippen LogP contribution in [0.4, 0.5) is 0 Å². The first kappa shape index (κ1) is 27.6. The quantitative estimate of drug-likeness (QED) is 0.169.